The largest absolute Gasteiger partial charge is 0.490 e. The summed E-state index contributed by atoms with van der Waals surface area (Å²) in [5.74, 6) is -5.51. The molecule has 2 N–H and O–H groups in total. The monoisotopic (exact) mass is 572 g/mol. The number of aliphatic carboxylic acids is 2. The van der Waals surface area contributed by atoms with Crippen LogP contribution >= 0.6 is 11.3 Å². The second-order valence-corrected chi connectivity index (χ2v) is 9.51. The van der Waals surface area contributed by atoms with Crippen molar-refractivity contribution in [2.45, 2.75) is 31.7 Å². The molecular formula is C22H26F6N4O5S. The smallest absolute Gasteiger partial charge is 0.475 e. The number of likely N-dealkylation sites (tertiary alicyclic amines) is 1. The number of piperidine rings is 1. The van der Waals surface area contributed by atoms with Crippen LogP contribution in [-0.4, -0.2) is 88.8 Å². The average molecular weight is 573 g/mol. The van der Waals surface area contributed by atoms with E-state index in [9.17, 15) is 26.3 Å². The lowest BCUT2D eigenvalue weighted by Crippen LogP contribution is -2.50. The van der Waals surface area contributed by atoms with Gasteiger partial charge in [-0.15, -0.1) is 11.3 Å². The molecule has 4 rings (SSSR count). The minimum Gasteiger partial charge on any atom is -0.475 e. The summed E-state index contributed by atoms with van der Waals surface area (Å²) in [6.07, 6.45) is -1.99. The van der Waals surface area contributed by atoms with Gasteiger partial charge in [-0.25, -0.2) is 14.6 Å². The van der Waals surface area contributed by atoms with E-state index >= 15 is 0 Å². The summed E-state index contributed by atoms with van der Waals surface area (Å²) in [4.78, 5) is 31.5. The number of carboxylic acids is 2. The molecule has 2 aliphatic rings. The molecule has 1 unspecified atom stereocenters. The van der Waals surface area contributed by atoms with Gasteiger partial charge in [0.25, 0.3) is 0 Å². The standard InChI is InChI=1S/C18H24N4OS.2C2HF3O2/c1-3-16(11-19-5-1)22-8-9-23-15-18(14-22)4-2-7-21(13-18)12-17-20-6-10-24-17;2*3-2(4,5)1(6)7/h1,3,5-6,10-11H,2,4,7-9,12-15H2;2*(H,6,7). The van der Waals surface area contributed by atoms with Crippen LogP contribution in [0.25, 0.3) is 0 Å². The maximum atomic E-state index is 10.6. The number of anilines is 1. The summed E-state index contributed by atoms with van der Waals surface area (Å²) in [5.41, 5.74) is 1.42. The number of hydrogen-bond acceptors (Lipinski definition) is 8. The number of hydrogen-bond donors (Lipinski definition) is 2. The van der Waals surface area contributed by atoms with Crippen molar-refractivity contribution < 1.29 is 50.9 Å². The maximum absolute atomic E-state index is 10.6. The van der Waals surface area contributed by atoms with Crippen LogP contribution in [-0.2, 0) is 20.9 Å². The number of nitrogens with zero attached hydrogens (tertiary/aromatic N) is 4. The molecule has 2 fully saturated rings. The van der Waals surface area contributed by atoms with Crippen LogP contribution in [0.5, 0.6) is 0 Å². The van der Waals surface area contributed by atoms with Gasteiger partial charge in [0.05, 0.1) is 31.6 Å². The Hall–Kier alpha value is -2.98. The van der Waals surface area contributed by atoms with Crippen LogP contribution in [0.15, 0.2) is 36.1 Å². The number of halogens is 6. The predicted octanol–water partition coefficient (Wildman–Crippen LogP) is 3.92. The van der Waals surface area contributed by atoms with Crippen molar-refractivity contribution in [3.8, 4) is 0 Å². The highest BCUT2D eigenvalue weighted by Gasteiger charge is 2.40. The fourth-order valence-corrected chi connectivity index (χ4v) is 4.63. The molecule has 2 aromatic heterocycles. The zero-order chi connectivity index (χ0) is 28.4. The van der Waals surface area contributed by atoms with E-state index in [4.69, 9.17) is 24.5 Å². The fourth-order valence-electron chi connectivity index (χ4n) is 3.97. The average Bonchev–Trinajstić information content (AvgIpc) is 3.26. The first kappa shape index (κ1) is 31.2. The van der Waals surface area contributed by atoms with Gasteiger partial charge >= 0.3 is 24.3 Å². The summed E-state index contributed by atoms with van der Waals surface area (Å²) < 4.78 is 69.5. The van der Waals surface area contributed by atoms with E-state index in [1.54, 1.807) is 11.3 Å². The van der Waals surface area contributed by atoms with Crippen LogP contribution in [0.4, 0.5) is 32.0 Å². The predicted molar refractivity (Wildman–Crippen MR) is 124 cm³/mol. The first-order valence-electron chi connectivity index (χ1n) is 11.2. The minimum absolute atomic E-state index is 0.210. The van der Waals surface area contributed by atoms with Crippen molar-refractivity contribution in [1.82, 2.24) is 14.9 Å². The zero-order valence-corrected chi connectivity index (χ0v) is 20.7. The molecule has 0 saturated carbocycles. The highest BCUT2D eigenvalue weighted by Crippen LogP contribution is 2.35. The van der Waals surface area contributed by atoms with Crippen molar-refractivity contribution in [3.05, 3.63) is 41.1 Å². The van der Waals surface area contributed by atoms with E-state index in [-0.39, 0.29) is 5.41 Å². The molecule has 0 radical (unpaired) electrons. The van der Waals surface area contributed by atoms with E-state index in [1.807, 2.05) is 24.7 Å². The third-order valence-corrected chi connectivity index (χ3v) is 6.28. The van der Waals surface area contributed by atoms with Crippen molar-refractivity contribution >= 4 is 29.0 Å². The van der Waals surface area contributed by atoms with Crippen molar-refractivity contribution in [1.29, 1.82) is 0 Å². The quantitative estimate of drug-likeness (QED) is 0.528. The van der Waals surface area contributed by atoms with E-state index in [2.05, 4.69) is 31.2 Å². The topological polar surface area (TPSA) is 116 Å². The Morgan fingerprint density at radius 3 is 2.24 bits per heavy atom. The van der Waals surface area contributed by atoms with Crippen LogP contribution in [0, 0.1) is 5.41 Å². The Bertz CT molecular complexity index is 986. The molecule has 0 amide bonds. The molecule has 0 bridgehead atoms. The van der Waals surface area contributed by atoms with E-state index in [0.29, 0.717) is 0 Å². The first-order chi connectivity index (χ1) is 17.7. The number of pyridine rings is 1. The lowest BCUT2D eigenvalue weighted by molar-refractivity contribution is -0.193. The van der Waals surface area contributed by atoms with Gasteiger partial charge in [0.15, 0.2) is 0 Å². The molecule has 0 aromatic carbocycles. The normalized spacial score (nSPS) is 20.4. The number of carbonyl (C=O) groups is 2. The second kappa shape index (κ2) is 13.7. The number of aromatic nitrogens is 2. The number of carboxylic acid groups (broad SMARTS) is 2. The van der Waals surface area contributed by atoms with Crippen molar-refractivity contribution in [2.75, 3.05) is 44.3 Å². The van der Waals surface area contributed by atoms with Gasteiger partial charge in [-0.1, -0.05) is 0 Å². The van der Waals surface area contributed by atoms with E-state index < -0.39 is 24.3 Å². The molecule has 2 aliphatic heterocycles. The second-order valence-electron chi connectivity index (χ2n) is 8.53. The Morgan fingerprint density at radius 1 is 1.05 bits per heavy atom. The lowest BCUT2D eigenvalue weighted by atomic mass is 9.80. The van der Waals surface area contributed by atoms with Crippen LogP contribution in [0.2, 0.25) is 0 Å². The number of ether oxygens (including phenoxy) is 1. The molecular weight excluding hydrogens is 546 g/mol. The molecule has 1 spiro atoms. The van der Waals surface area contributed by atoms with E-state index in [1.165, 1.54) is 23.5 Å². The van der Waals surface area contributed by atoms with Gasteiger partial charge in [-0.2, -0.15) is 26.3 Å². The number of alkyl halides is 6. The van der Waals surface area contributed by atoms with Crippen molar-refractivity contribution in [3.63, 3.8) is 0 Å². The molecule has 2 saturated heterocycles. The van der Waals surface area contributed by atoms with Crippen LogP contribution in [0.3, 0.4) is 0 Å². The van der Waals surface area contributed by atoms with Crippen LogP contribution < -0.4 is 4.90 Å². The molecule has 9 nitrogen and oxygen atoms in total. The Kier molecular flexibility index (Phi) is 11.3. The SMILES string of the molecule is O=C(O)C(F)(F)F.O=C(O)C(F)(F)F.c1cncc(N2CCOCC3(CCCN(Cc4nccs4)C3)C2)c1. The van der Waals surface area contributed by atoms with Gasteiger partial charge in [0.1, 0.15) is 5.01 Å². The summed E-state index contributed by atoms with van der Waals surface area (Å²) in [5, 5.41) is 17.5. The maximum Gasteiger partial charge on any atom is 0.490 e. The van der Waals surface area contributed by atoms with Gasteiger partial charge < -0.3 is 19.8 Å². The summed E-state index contributed by atoms with van der Waals surface area (Å²) in [6, 6.07) is 4.17. The Morgan fingerprint density at radius 2 is 1.71 bits per heavy atom. The summed E-state index contributed by atoms with van der Waals surface area (Å²) >= 11 is 1.75. The number of thiazole rings is 1. The highest BCUT2D eigenvalue weighted by molar-refractivity contribution is 7.09. The summed E-state index contributed by atoms with van der Waals surface area (Å²) in [6.45, 7) is 6.86. The number of rotatable bonds is 3. The zero-order valence-electron chi connectivity index (χ0n) is 19.9. The molecule has 1 atom stereocenters. The molecule has 212 valence electrons. The fraction of sp³-hybridized carbons (Fsp3) is 0.545. The molecule has 2 aromatic rings. The van der Waals surface area contributed by atoms with Gasteiger partial charge in [0.2, 0.25) is 0 Å². The first-order valence-corrected chi connectivity index (χ1v) is 12.0. The molecule has 38 heavy (non-hydrogen) atoms. The third-order valence-electron chi connectivity index (χ3n) is 5.52. The molecule has 16 heteroatoms. The third kappa shape index (κ3) is 10.4. The minimum atomic E-state index is -5.08. The highest BCUT2D eigenvalue weighted by atomic mass is 32.1. The lowest BCUT2D eigenvalue weighted by Gasteiger charge is -2.43. The summed E-state index contributed by atoms with van der Waals surface area (Å²) in [7, 11) is 0. The van der Waals surface area contributed by atoms with Gasteiger partial charge in [-0.05, 0) is 31.5 Å². The van der Waals surface area contributed by atoms with Crippen molar-refractivity contribution in [2.24, 2.45) is 5.41 Å². The Balaban J connectivity index is 0.000000301. The molecule has 4 heterocycles. The van der Waals surface area contributed by atoms with Gasteiger partial charge in [0, 0.05) is 42.8 Å². The van der Waals surface area contributed by atoms with Gasteiger partial charge in [-0.3, -0.25) is 9.88 Å². The molecule has 0 aliphatic carbocycles. The van der Waals surface area contributed by atoms with E-state index in [0.717, 1.165) is 45.9 Å². The Labute approximate surface area is 217 Å². The van der Waals surface area contributed by atoms with Crippen LogP contribution in [0.1, 0.15) is 17.8 Å².